The van der Waals surface area contributed by atoms with E-state index in [9.17, 15) is 4.79 Å². The third kappa shape index (κ3) is 6.35. The second-order valence-corrected chi connectivity index (χ2v) is 6.33. The number of benzene rings is 2. The van der Waals surface area contributed by atoms with Crippen LogP contribution in [0.2, 0.25) is 5.02 Å². The van der Waals surface area contributed by atoms with Crippen molar-refractivity contribution in [2.45, 2.75) is 13.2 Å². The lowest BCUT2D eigenvalue weighted by molar-refractivity contribution is -0.0000148. The molecule has 3 rings (SSSR count). The molecular formula is C19H20Cl2N5O3-. The van der Waals surface area contributed by atoms with E-state index in [0.29, 0.717) is 31.3 Å². The molecule has 4 N–H and O–H groups in total. The topological polar surface area (TPSA) is 115 Å². The number of aromatic nitrogens is 2. The molecule has 154 valence electrons. The first-order valence-electron chi connectivity index (χ1n) is 8.66. The van der Waals surface area contributed by atoms with Crippen molar-refractivity contribution in [3.63, 3.8) is 0 Å². The van der Waals surface area contributed by atoms with Crippen LogP contribution in [0.25, 0.3) is 0 Å². The van der Waals surface area contributed by atoms with Gasteiger partial charge in [0.2, 0.25) is 11.5 Å². The lowest BCUT2D eigenvalue weighted by atomic mass is 10.2. The van der Waals surface area contributed by atoms with Gasteiger partial charge in [-0.15, -0.1) is 0 Å². The number of carbonyl (C=O) groups is 1. The number of para-hydroxylation sites is 1. The van der Waals surface area contributed by atoms with Crippen molar-refractivity contribution >= 4 is 23.3 Å². The zero-order chi connectivity index (χ0) is 19.8. The van der Waals surface area contributed by atoms with E-state index in [0.717, 1.165) is 16.9 Å². The Hall–Kier alpha value is -2.81. The van der Waals surface area contributed by atoms with Crippen LogP contribution in [0.4, 0.5) is 5.82 Å². The number of hydrogen-bond acceptors (Lipinski definition) is 7. The summed E-state index contributed by atoms with van der Waals surface area (Å²) in [6.07, 6.45) is 0. The fourth-order valence-electron chi connectivity index (χ4n) is 2.49. The van der Waals surface area contributed by atoms with Crippen LogP contribution in [-0.2, 0) is 13.2 Å². The summed E-state index contributed by atoms with van der Waals surface area (Å²) in [6.45, 7) is 1.92. The quantitative estimate of drug-likeness (QED) is 0.383. The van der Waals surface area contributed by atoms with Gasteiger partial charge in [0, 0.05) is 35.8 Å². The molecule has 0 aliphatic rings. The molecule has 0 saturated carbocycles. The summed E-state index contributed by atoms with van der Waals surface area (Å²) >= 11 is 6.17. The third-order valence-electron chi connectivity index (χ3n) is 3.95. The third-order valence-corrected chi connectivity index (χ3v) is 4.31. The molecule has 0 saturated heterocycles. The van der Waals surface area contributed by atoms with Crippen molar-refractivity contribution in [1.29, 1.82) is 0 Å². The van der Waals surface area contributed by atoms with E-state index in [4.69, 9.17) is 22.1 Å². The van der Waals surface area contributed by atoms with Gasteiger partial charge in [-0.25, -0.2) is 4.63 Å². The Balaban J connectivity index is 0.00000300. The van der Waals surface area contributed by atoms with Crippen molar-refractivity contribution in [3.8, 4) is 5.75 Å². The normalized spacial score (nSPS) is 10.2. The largest absolute Gasteiger partial charge is 1.00 e. The van der Waals surface area contributed by atoms with Gasteiger partial charge in [-0.05, 0) is 22.4 Å². The molecule has 0 aliphatic heterocycles. The highest BCUT2D eigenvalue weighted by atomic mass is 35.5. The Morgan fingerprint density at radius 1 is 1.07 bits per heavy atom. The molecule has 10 heteroatoms. The van der Waals surface area contributed by atoms with E-state index < -0.39 is 5.91 Å². The van der Waals surface area contributed by atoms with Crippen LogP contribution in [0, 0.1) is 0 Å². The van der Waals surface area contributed by atoms with Crippen LogP contribution in [0.15, 0.2) is 53.2 Å². The number of nitrogens with two attached hydrogens (primary N) is 1. The first-order valence-corrected chi connectivity index (χ1v) is 9.04. The molecule has 2 aromatic carbocycles. The summed E-state index contributed by atoms with van der Waals surface area (Å²) in [5.74, 6) is 0.319. The maximum absolute atomic E-state index is 11.8. The maximum Gasteiger partial charge on any atom is 0.277 e. The number of anilines is 1. The van der Waals surface area contributed by atoms with Gasteiger partial charge >= 0.3 is 0 Å². The second kappa shape index (κ2) is 11.3. The number of amides is 1. The average molecular weight is 437 g/mol. The van der Waals surface area contributed by atoms with Crippen LogP contribution in [0.3, 0.4) is 0 Å². The van der Waals surface area contributed by atoms with Crippen molar-refractivity contribution in [2.75, 3.05) is 18.8 Å². The second-order valence-electron chi connectivity index (χ2n) is 5.92. The summed E-state index contributed by atoms with van der Waals surface area (Å²) in [5, 5.41) is 13.4. The Morgan fingerprint density at radius 2 is 1.79 bits per heavy atom. The molecule has 0 unspecified atom stereocenters. The first-order chi connectivity index (χ1) is 13.6. The Kier molecular flexibility index (Phi) is 8.72. The van der Waals surface area contributed by atoms with E-state index in [2.05, 4.69) is 25.6 Å². The fourth-order valence-corrected chi connectivity index (χ4v) is 2.68. The summed E-state index contributed by atoms with van der Waals surface area (Å²) in [7, 11) is 0. The van der Waals surface area contributed by atoms with Crippen LogP contribution in [0.5, 0.6) is 5.75 Å². The van der Waals surface area contributed by atoms with Gasteiger partial charge in [0.1, 0.15) is 12.4 Å². The molecule has 0 fully saturated rings. The van der Waals surface area contributed by atoms with Gasteiger partial charge in [-0.1, -0.05) is 48.0 Å². The molecule has 1 heterocycles. The fraction of sp³-hybridized carbons (Fsp3) is 0.211. The molecule has 0 atom stereocenters. The number of halogens is 2. The minimum atomic E-state index is -0.427. The highest BCUT2D eigenvalue weighted by Gasteiger charge is 2.14. The first kappa shape index (κ1) is 22.5. The zero-order valence-corrected chi connectivity index (χ0v) is 16.9. The highest BCUT2D eigenvalue weighted by Crippen LogP contribution is 2.21. The standard InChI is InChI=1S/C19H20ClN5O3.ClH/c20-15-7-3-1-6-14(15)12-27-16-8-4-2-5-13(16)11-22-9-10-23-19(26)17-18(21)25-28-24-17;/h1-8,22H,9-12H2,(H2,21,25)(H,23,26);1H/p-1. The summed E-state index contributed by atoms with van der Waals surface area (Å²) < 4.78 is 10.3. The lowest BCUT2D eigenvalue weighted by Gasteiger charge is -2.13. The van der Waals surface area contributed by atoms with Gasteiger partial charge in [-0.3, -0.25) is 4.79 Å². The number of rotatable bonds is 9. The Bertz CT molecular complexity index is 935. The Morgan fingerprint density at radius 3 is 2.52 bits per heavy atom. The smallest absolute Gasteiger partial charge is 0.277 e. The monoisotopic (exact) mass is 436 g/mol. The molecule has 0 spiro atoms. The SMILES string of the molecule is Nc1nonc1C(=O)NCCNCc1ccccc1OCc1ccccc1Cl.[Cl-]. The van der Waals surface area contributed by atoms with Gasteiger partial charge in [0.05, 0.1) is 0 Å². The van der Waals surface area contributed by atoms with Crippen molar-refractivity contribution in [2.24, 2.45) is 0 Å². The molecule has 1 aromatic heterocycles. The van der Waals surface area contributed by atoms with E-state index >= 15 is 0 Å². The summed E-state index contributed by atoms with van der Waals surface area (Å²) in [4.78, 5) is 11.8. The van der Waals surface area contributed by atoms with Crippen LogP contribution >= 0.6 is 11.6 Å². The maximum atomic E-state index is 11.8. The molecule has 29 heavy (non-hydrogen) atoms. The molecule has 3 aromatic rings. The minimum Gasteiger partial charge on any atom is -1.00 e. The van der Waals surface area contributed by atoms with Gasteiger partial charge in [-0.2, -0.15) is 0 Å². The van der Waals surface area contributed by atoms with Crippen LogP contribution in [0.1, 0.15) is 21.6 Å². The van der Waals surface area contributed by atoms with Crippen LogP contribution < -0.4 is 33.5 Å². The Labute approximate surface area is 179 Å². The van der Waals surface area contributed by atoms with Crippen molar-refractivity contribution < 1.29 is 26.6 Å². The zero-order valence-electron chi connectivity index (χ0n) is 15.4. The number of nitrogens with one attached hydrogen (secondary N) is 2. The van der Waals surface area contributed by atoms with Gasteiger partial charge < -0.3 is 33.5 Å². The lowest BCUT2D eigenvalue weighted by Crippen LogP contribution is -3.00. The summed E-state index contributed by atoms with van der Waals surface area (Å²) in [5.41, 5.74) is 7.40. The molecule has 0 radical (unpaired) electrons. The number of carbonyl (C=O) groups excluding carboxylic acids is 1. The van der Waals surface area contributed by atoms with Gasteiger partial charge in [0.25, 0.3) is 5.91 Å². The van der Waals surface area contributed by atoms with Crippen LogP contribution in [-0.4, -0.2) is 29.3 Å². The van der Waals surface area contributed by atoms with E-state index in [1.54, 1.807) is 0 Å². The number of nitrogens with zero attached hydrogens (tertiary/aromatic N) is 2. The molecule has 0 bridgehead atoms. The van der Waals surface area contributed by atoms with Crippen molar-refractivity contribution in [1.82, 2.24) is 20.9 Å². The molecular weight excluding hydrogens is 417 g/mol. The molecule has 1 amide bonds. The van der Waals surface area contributed by atoms with E-state index in [-0.39, 0.29) is 23.9 Å². The highest BCUT2D eigenvalue weighted by molar-refractivity contribution is 6.31. The molecule has 0 aliphatic carbocycles. The minimum absolute atomic E-state index is 0. The average Bonchev–Trinajstić information content (AvgIpc) is 3.14. The van der Waals surface area contributed by atoms with E-state index in [1.165, 1.54) is 0 Å². The number of hydrogen-bond donors (Lipinski definition) is 3. The predicted octanol–water partition coefficient (Wildman–Crippen LogP) is -0.592. The van der Waals surface area contributed by atoms with Crippen molar-refractivity contribution in [3.05, 3.63) is 70.4 Å². The number of nitrogen functional groups attached to an aromatic ring is 1. The van der Waals surface area contributed by atoms with E-state index in [1.807, 2.05) is 48.5 Å². The number of ether oxygens (including phenoxy) is 1. The summed E-state index contributed by atoms with van der Waals surface area (Å²) in [6, 6.07) is 15.3. The molecule has 8 nitrogen and oxygen atoms in total. The van der Waals surface area contributed by atoms with Gasteiger partial charge in [0.15, 0.2) is 0 Å². The predicted molar refractivity (Wildman–Crippen MR) is 105 cm³/mol.